The van der Waals surface area contributed by atoms with Crippen molar-refractivity contribution in [2.24, 2.45) is 0 Å². The van der Waals surface area contributed by atoms with E-state index in [0.29, 0.717) is 17.7 Å². The molecule has 0 fully saturated rings. The van der Waals surface area contributed by atoms with E-state index in [1.54, 1.807) is 13.8 Å². The standard InChI is InChI=1S/C12H12FNO/c1-3-4-7-14-12(15)10-5-6-11(13)9(2)8-10/h5-6,8H,7H2,1-2H3,(H,14,15). The van der Waals surface area contributed by atoms with E-state index in [9.17, 15) is 9.18 Å². The Labute approximate surface area is 88.5 Å². The van der Waals surface area contributed by atoms with Gasteiger partial charge >= 0.3 is 0 Å². The van der Waals surface area contributed by atoms with Crippen molar-refractivity contribution in [3.05, 3.63) is 35.1 Å². The van der Waals surface area contributed by atoms with Gasteiger partial charge in [0.05, 0.1) is 6.54 Å². The summed E-state index contributed by atoms with van der Waals surface area (Å²) in [7, 11) is 0. The maximum atomic E-state index is 12.9. The van der Waals surface area contributed by atoms with Gasteiger partial charge in [-0.15, -0.1) is 5.92 Å². The minimum absolute atomic E-state index is 0.235. The molecule has 2 nitrogen and oxygen atoms in total. The van der Waals surface area contributed by atoms with Crippen molar-refractivity contribution in [3.63, 3.8) is 0 Å². The molecule has 0 atom stereocenters. The third-order valence-electron chi connectivity index (χ3n) is 1.93. The molecule has 0 heterocycles. The summed E-state index contributed by atoms with van der Waals surface area (Å²) in [5.41, 5.74) is 0.913. The van der Waals surface area contributed by atoms with Gasteiger partial charge < -0.3 is 5.32 Å². The third kappa shape index (κ3) is 3.10. The Balaban J connectivity index is 2.72. The van der Waals surface area contributed by atoms with Gasteiger partial charge in [-0.3, -0.25) is 4.79 Å². The minimum Gasteiger partial charge on any atom is -0.341 e. The van der Waals surface area contributed by atoms with Gasteiger partial charge in [0, 0.05) is 5.56 Å². The molecule has 1 rings (SSSR count). The fraction of sp³-hybridized carbons (Fsp3) is 0.250. The molecule has 0 radical (unpaired) electrons. The first-order valence-corrected chi connectivity index (χ1v) is 4.59. The Morgan fingerprint density at radius 1 is 1.53 bits per heavy atom. The second kappa shape index (κ2) is 5.16. The Morgan fingerprint density at radius 3 is 2.87 bits per heavy atom. The van der Waals surface area contributed by atoms with Gasteiger partial charge in [0.15, 0.2) is 0 Å². The zero-order valence-electron chi connectivity index (χ0n) is 8.73. The van der Waals surface area contributed by atoms with Gasteiger partial charge in [0.25, 0.3) is 5.91 Å². The Bertz CT molecular complexity index is 429. The first-order chi connectivity index (χ1) is 7.15. The van der Waals surface area contributed by atoms with Crippen LogP contribution in [0.2, 0.25) is 0 Å². The maximum absolute atomic E-state index is 12.9. The quantitative estimate of drug-likeness (QED) is 0.734. The lowest BCUT2D eigenvalue weighted by atomic mass is 10.1. The fourth-order valence-electron chi connectivity index (χ4n) is 1.10. The molecule has 0 aliphatic rings. The average Bonchev–Trinajstić information content (AvgIpc) is 2.22. The van der Waals surface area contributed by atoms with Crippen molar-refractivity contribution < 1.29 is 9.18 Å². The highest BCUT2D eigenvalue weighted by atomic mass is 19.1. The van der Waals surface area contributed by atoms with E-state index in [4.69, 9.17) is 0 Å². The highest BCUT2D eigenvalue weighted by Gasteiger charge is 2.05. The average molecular weight is 205 g/mol. The van der Waals surface area contributed by atoms with E-state index in [1.807, 2.05) is 0 Å². The first-order valence-electron chi connectivity index (χ1n) is 4.59. The summed E-state index contributed by atoms with van der Waals surface area (Å²) in [6, 6.07) is 4.26. The van der Waals surface area contributed by atoms with Crippen LogP contribution in [0.5, 0.6) is 0 Å². The van der Waals surface area contributed by atoms with Crippen molar-refractivity contribution in [2.75, 3.05) is 6.54 Å². The summed E-state index contributed by atoms with van der Waals surface area (Å²) in [4.78, 5) is 11.5. The zero-order chi connectivity index (χ0) is 11.3. The highest BCUT2D eigenvalue weighted by Crippen LogP contribution is 2.08. The molecule has 0 aliphatic carbocycles. The van der Waals surface area contributed by atoms with Crippen LogP contribution in [0.25, 0.3) is 0 Å². The molecule has 1 aromatic rings. The molecule has 0 aromatic heterocycles. The molecule has 0 spiro atoms. The molecule has 1 aromatic carbocycles. The van der Waals surface area contributed by atoms with Crippen LogP contribution in [0.3, 0.4) is 0 Å². The predicted molar refractivity (Wildman–Crippen MR) is 56.9 cm³/mol. The number of carbonyl (C=O) groups is 1. The normalized spacial score (nSPS) is 9.00. The van der Waals surface area contributed by atoms with E-state index in [0.717, 1.165) is 0 Å². The molecular formula is C12H12FNO. The molecule has 3 heteroatoms. The van der Waals surface area contributed by atoms with Crippen molar-refractivity contribution in [1.82, 2.24) is 5.32 Å². The Morgan fingerprint density at radius 2 is 2.27 bits per heavy atom. The lowest BCUT2D eigenvalue weighted by Crippen LogP contribution is -2.23. The number of rotatable bonds is 2. The smallest absolute Gasteiger partial charge is 0.252 e. The van der Waals surface area contributed by atoms with Gasteiger partial charge in [-0.2, -0.15) is 0 Å². The molecule has 78 valence electrons. The van der Waals surface area contributed by atoms with Crippen LogP contribution in [0.15, 0.2) is 18.2 Å². The zero-order valence-corrected chi connectivity index (χ0v) is 8.73. The Hall–Kier alpha value is -1.82. The van der Waals surface area contributed by atoms with Crippen LogP contribution in [0.4, 0.5) is 4.39 Å². The predicted octanol–water partition coefficient (Wildman–Crippen LogP) is 1.89. The maximum Gasteiger partial charge on any atom is 0.252 e. The molecule has 0 aliphatic heterocycles. The van der Waals surface area contributed by atoms with Gasteiger partial charge in [-0.05, 0) is 37.6 Å². The largest absolute Gasteiger partial charge is 0.341 e. The van der Waals surface area contributed by atoms with Gasteiger partial charge in [-0.25, -0.2) is 4.39 Å². The van der Waals surface area contributed by atoms with Crippen LogP contribution >= 0.6 is 0 Å². The van der Waals surface area contributed by atoms with Gasteiger partial charge in [-0.1, -0.05) is 5.92 Å². The highest BCUT2D eigenvalue weighted by molar-refractivity contribution is 5.94. The van der Waals surface area contributed by atoms with E-state index >= 15 is 0 Å². The molecular weight excluding hydrogens is 193 g/mol. The molecule has 0 unspecified atom stereocenters. The minimum atomic E-state index is -0.306. The summed E-state index contributed by atoms with van der Waals surface area (Å²) in [5.74, 6) is 4.85. The van der Waals surface area contributed by atoms with Gasteiger partial charge in [0.2, 0.25) is 0 Å². The van der Waals surface area contributed by atoms with Gasteiger partial charge in [0.1, 0.15) is 5.82 Å². The number of carbonyl (C=O) groups excluding carboxylic acids is 1. The number of nitrogens with one attached hydrogen (secondary N) is 1. The molecule has 1 N–H and O–H groups in total. The number of halogens is 1. The fourth-order valence-corrected chi connectivity index (χ4v) is 1.10. The van der Waals surface area contributed by atoms with Crippen LogP contribution < -0.4 is 5.32 Å². The van der Waals surface area contributed by atoms with Crippen molar-refractivity contribution >= 4 is 5.91 Å². The van der Waals surface area contributed by atoms with Crippen molar-refractivity contribution in [3.8, 4) is 11.8 Å². The van der Waals surface area contributed by atoms with Crippen LogP contribution in [0.1, 0.15) is 22.8 Å². The summed E-state index contributed by atoms with van der Waals surface area (Å²) >= 11 is 0. The SMILES string of the molecule is CC#CCNC(=O)c1ccc(F)c(C)c1. The van der Waals surface area contributed by atoms with Crippen molar-refractivity contribution in [1.29, 1.82) is 0 Å². The van der Waals surface area contributed by atoms with E-state index in [2.05, 4.69) is 17.2 Å². The molecule has 1 amide bonds. The van der Waals surface area contributed by atoms with Crippen LogP contribution in [-0.2, 0) is 0 Å². The number of hydrogen-bond acceptors (Lipinski definition) is 1. The summed E-state index contributed by atoms with van der Waals surface area (Å²) in [5, 5.41) is 2.61. The third-order valence-corrected chi connectivity index (χ3v) is 1.93. The second-order valence-corrected chi connectivity index (χ2v) is 3.07. The molecule has 0 saturated carbocycles. The summed E-state index contributed by atoms with van der Waals surface area (Å²) in [6.07, 6.45) is 0. The topological polar surface area (TPSA) is 29.1 Å². The Kier molecular flexibility index (Phi) is 3.87. The molecule has 0 saturated heterocycles. The second-order valence-electron chi connectivity index (χ2n) is 3.07. The van der Waals surface area contributed by atoms with E-state index in [-0.39, 0.29) is 11.7 Å². The van der Waals surface area contributed by atoms with E-state index in [1.165, 1.54) is 18.2 Å². The lowest BCUT2D eigenvalue weighted by Gasteiger charge is -2.03. The number of aryl methyl sites for hydroxylation is 1. The summed E-state index contributed by atoms with van der Waals surface area (Å²) < 4.78 is 12.9. The van der Waals surface area contributed by atoms with Crippen LogP contribution in [-0.4, -0.2) is 12.5 Å². The number of hydrogen-bond donors (Lipinski definition) is 1. The monoisotopic (exact) mass is 205 g/mol. The van der Waals surface area contributed by atoms with Crippen molar-refractivity contribution in [2.45, 2.75) is 13.8 Å². The van der Waals surface area contributed by atoms with E-state index < -0.39 is 0 Å². The molecule has 0 bridgehead atoms. The number of amides is 1. The van der Waals surface area contributed by atoms with Crippen LogP contribution in [0, 0.1) is 24.6 Å². The first kappa shape index (κ1) is 11.3. The lowest BCUT2D eigenvalue weighted by molar-refractivity contribution is 0.0958. The summed E-state index contributed by atoms with van der Waals surface area (Å²) in [6.45, 7) is 3.64. The molecule has 15 heavy (non-hydrogen) atoms. The number of benzene rings is 1.